The third-order valence-electron chi connectivity index (χ3n) is 1.79. The minimum atomic E-state index is -0.489. The molecule has 0 aliphatic carbocycles. The Morgan fingerprint density at radius 1 is 1.79 bits per heavy atom. The number of carbonyl (C=O) groups is 1. The number of anilines is 1. The van der Waals surface area contributed by atoms with Gasteiger partial charge in [-0.1, -0.05) is 6.08 Å². The van der Waals surface area contributed by atoms with Crippen molar-refractivity contribution in [2.24, 2.45) is 5.73 Å². The molecule has 4 nitrogen and oxygen atoms in total. The van der Waals surface area contributed by atoms with Crippen LogP contribution >= 0.6 is 0 Å². The van der Waals surface area contributed by atoms with Crippen LogP contribution in [0.5, 0.6) is 0 Å². The summed E-state index contributed by atoms with van der Waals surface area (Å²) in [6.45, 7) is 5.53. The van der Waals surface area contributed by atoms with Gasteiger partial charge in [0.2, 0.25) is 0 Å². The minimum Gasteiger partial charge on any atom is -0.365 e. The van der Waals surface area contributed by atoms with Gasteiger partial charge in [0.15, 0.2) is 0 Å². The van der Waals surface area contributed by atoms with Crippen LogP contribution in [0.2, 0.25) is 0 Å². The molecule has 3 N–H and O–H groups in total. The van der Waals surface area contributed by atoms with Gasteiger partial charge in [0.1, 0.15) is 5.82 Å². The van der Waals surface area contributed by atoms with E-state index < -0.39 is 5.91 Å². The molecule has 1 aromatic heterocycles. The van der Waals surface area contributed by atoms with Gasteiger partial charge in [-0.05, 0) is 19.1 Å². The Labute approximate surface area is 82.8 Å². The molecule has 0 aliphatic heterocycles. The van der Waals surface area contributed by atoms with Crippen molar-refractivity contribution >= 4 is 11.7 Å². The standard InChI is InChI=1S/C10H13N3O/c1-3-7(2)13-10-8(9(11)14)5-4-6-12-10/h3-7H,1H2,2H3,(H2,11,14)(H,12,13). The molecule has 0 fully saturated rings. The number of nitrogens with two attached hydrogens (primary N) is 1. The number of rotatable bonds is 4. The molecule has 14 heavy (non-hydrogen) atoms. The van der Waals surface area contributed by atoms with E-state index in [4.69, 9.17) is 5.73 Å². The van der Waals surface area contributed by atoms with Crippen molar-refractivity contribution in [2.45, 2.75) is 13.0 Å². The van der Waals surface area contributed by atoms with Gasteiger partial charge in [0.25, 0.3) is 5.91 Å². The Morgan fingerprint density at radius 3 is 3.07 bits per heavy atom. The molecule has 0 bridgehead atoms. The highest BCUT2D eigenvalue weighted by Gasteiger charge is 2.08. The van der Waals surface area contributed by atoms with E-state index in [1.165, 1.54) is 0 Å². The van der Waals surface area contributed by atoms with Crippen LogP contribution in [0.4, 0.5) is 5.82 Å². The smallest absolute Gasteiger partial charge is 0.252 e. The van der Waals surface area contributed by atoms with Gasteiger partial charge < -0.3 is 11.1 Å². The fourth-order valence-corrected chi connectivity index (χ4v) is 0.994. The topological polar surface area (TPSA) is 68.0 Å². The second kappa shape index (κ2) is 4.41. The number of pyridine rings is 1. The Balaban J connectivity index is 2.95. The quantitative estimate of drug-likeness (QED) is 0.702. The zero-order valence-corrected chi connectivity index (χ0v) is 8.03. The van der Waals surface area contributed by atoms with E-state index in [0.29, 0.717) is 11.4 Å². The van der Waals surface area contributed by atoms with Crippen LogP contribution in [0.25, 0.3) is 0 Å². The van der Waals surface area contributed by atoms with Crippen molar-refractivity contribution < 1.29 is 4.79 Å². The Bertz CT molecular complexity index is 349. The lowest BCUT2D eigenvalue weighted by atomic mass is 10.2. The molecule has 0 aromatic carbocycles. The maximum Gasteiger partial charge on any atom is 0.252 e. The number of hydrogen-bond donors (Lipinski definition) is 2. The van der Waals surface area contributed by atoms with Gasteiger partial charge in [-0.25, -0.2) is 4.98 Å². The largest absolute Gasteiger partial charge is 0.365 e. The van der Waals surface area contributed by atoms with Gasteiger partial charge in [-0.2, -0.15) is 0 Å². The van der Waals surface area contributed by atoms with Crippen molar-refractivity contribution in [3.05, 3.63) is 36.5 Å². The minimum absolute atomic E-state index is 0.0444. The first-order valence-corrected chi connectivity index (χ1v) is 4.29. The predicted molar refractivity (Wildman–Crippen MR) is 56.0 cm³/mol. The molecule has 74 valence electrons. The second-order valence-electron chi connectivity index (χ2n) is 2.93. The maximum atomic E-state index is 11.0. The van der Waals surface area contributed by atoms with Gasteiger partial charge in [-0.3, -0.25) is 4.79 Å². The van der Waals surface area contributed by atoms with E-state index in [1.54, 1.807) is 24.4 Å². The molecule has 0 radical (unpaired) electrons. The molecule has 0 aliphatic rings. The average molecular weight is 191 g/mol. The fraction of sp³-hybridized carbons (Fsp3) is 0.200. The van der Waals surface area contributed by atoms with Crippen LogP contribution in [-0.2, 0) is 0 Å². The highest BCUT2D eigenvalue weighted by atomic mass is 16.1. The Hall–Kier alpha value is -1.84. The number of amides is 1. The number of carbonyl (C=O) groups excluding carboxylic acids is 1. The maximum absolute atomic E-state index is 11.0. The lowest BCUT2D eigenvalue weighted by Crippen LogP contribution is -2.19. The second-order valence-corrected chi connectivity index (χ2v) is 2.93. The van der Waals surface area contributed by atoms with E-state index in [9.17, 15) is 4.79 Å². The summed E-state index contributed by atoms with van der Waals surface area (Å²) in [6, 6.07) is 3.35. The molecule has 0 saturated heterocycles. The summed E-state index contributed by atoms with van der Waals surface area (Å²) in [5.41, 5.74) is 5.58. The number of primary amides is 1. The van der Waals surface area contributed by atoms with Crippen LogP contribution in [0.3, 0.4) is 0 Å². The van der Waals surface area contributed by atoms with Crippen molar-refractivity contribution in [1.29, 1.82) is 0 Å². The highest BCUT2D eigenvalue weighted by Crippen LogP contribution is 2.11. The molecule has 1 rings (SSSR count). The van der Waals surface area contributed by atoms with Crippen LogP contribution in [0.1, 0.15) is 17.3 Å². The summed E-state index contributed by atoms with van der Waals surface area (Å²) in [7, 11) is 0. The summed E-state index contributed by atoms with van der Waals surface area (Å²) >= 11 is 0. The van der Waals surface area contributed by atoms with Crippen LogP contribution in [0.15, 0.2) is 31.0 Å². The summed E-state index contributed by atoms with van der Waals surface area (Å²) in [4.78, 5) is 15.0. The SMILES string of the molecule is C=CC(C)Nc1ncccc1C(N)=O. The molecule has 1 aromatic rings. The number of hydrogen-bond acceptors (Lipinski definition) is 3. The van der Waals surface area contributed by atoms with Gasteiger partial charge >= 0.3 is 0 Å². The normalized spacial score (nSPS) is 11.8. The molecule has 0 saturated carbocycles. The Kier molecular flexibility index (Phi) is 3.23. The van der Waals surface area contributed by atoms with Crippen molar-refractivity contribution in [2.75, 3.05) is 5.32 Å². The first-order valence-electron chi connectivity index (χ1n) is 4.29. The molecular formula is C10H13N3O. The number of nitrogens with one attached hydrogen (secondary N) is 1. The summed E-state index contributed by atoms with van der Waals surface area (Å²) in [5.74, 6) is 0.00395. The highest BCUT2D eigenvalue weighted by molar-refractivity contribution is 5.97. The van der Waals surface area contributed by atoms with Crippen LogP contribution < -0.4 is 11.1 Å². The zero-order valence-electron chi connectivity index (χ0n) is 8.03. The van der Waals surface area contributed by atoms with E-state index >= 15 is 0 Å². The van der Waals surface area contributed by atoms with Crippen molar-refractivity contribution in [3.8, 4) is 0 Å². The molecule has 1 atom stereocenters. The van der Waals surface area contributed by atoms with E-state index in [1.807, 2.05) is 6.92 Å². The van der Waals surface area contributed by atoms with E-state index in [-0.39, 0.29) is 6.04 Å². The van der Waals surface area contributed by atoms with Crippen molar-refractivity contribution in [3.63, 3.8) is 0 Å². The first-order chi connectivity index (χ1) is 6.65. The zero-order chi connectivity index (χ0) is 10.6. The number of aromatic nitrogens is 1. The third kappa shape index (κ3) is 2.32. The van der Waals surface area contributed by atoms with Crippen molar-refractivity contribution in [1.82, 2.24) is 4.98 Å². The van der Waals surface area contributed by atoms with Crippen LogP contribution in [0, 0.1) is 0 Å². The molecule has 1 heterocycles. The van der Waals surface area contributed by atoms with Gasteiger partial charge in [0, 0.05) is 12.2 Å². The molecule has 1 amide bonds. The lowest BCUT2D eigenvalue weighted by molar-refractivity contribution is 0.100. The molecule has 0 spiro atoms. The van der Waals surface area contributed by atoms with E-state index in [0.717, 1.165) is 0 Å². The molecular weight excluding hydrogens is 178 g/mol. The third-order valence-corrected chi connectivity index (χ3v) is 1.79. The lowest BCUT2D eigenvalue weighted by Gasteiger charge is -2.11. The Morgan fingerprint density at radius 2 is 2.50 bits per heavy atom. The van der Waals surface area contributed by atoms with Gasteiger partial charge in [-0.15, -0.1) is 6.58 Å². The van der Waals surface area contributed by atoms with E-state index in [2.05, 4.69) is 16.9 Å². The summed E-state index contributed by atoms with van der Waals surface area (Å²) < 4.78 is 0. The molecule has 4 heteroatoms. The fourth-order valence-electron chi connectivity index (χ4n) is 0.994. The first kappa shape index (κ1) is 10.2. The predicted octanol–water partition coefficient (Wildman–Crippen LogP) is 1.17. The number of nitrogens with zero attached hydrogens (tertiary/aromatic N) is 1. The average Bonchev–Trinajstić information content (AvgIpc) is 2.18. The summed E-state index contributed by atoms with van der Waals surface area (Å²) in [5, 5.41) is 3.01. The monoisotopic (exact) mass is 191 g/mol. The summed E-state index contributed by atoms with van der Waals surface area (Å²) in [6.07, 6.45) is 3.32. The van der Waals surface area contributed by atoms with Crippen LogP contribution in [-0.4, -0.2) is 16.9 Å². The van der Waals surface area contributed by atoms with Gasteiger partial charge in [0.05, 0.1) is 5.56 Å². The molecule has 1 unspecified atom stereocenters.